The molecule has 1 heterocycles. The second-order valence-corrected chi connectivity index (χ2v) is 5.84. The maximum absolute atomic E-state index is 11.9. The molecule has 1 saturated carbocycles. The summed E-state index contributed by atoms with van der Waals surface area (Å²) in [5.74, 6) is 1.32. The molecule has 2 N–H and O–H groups in total. The summed E-state index contributed by atoms with van der Waals surface area (Å²) in [5.41, 5.74) is -1.20. The third kappa shape index (κ3) is 4.31. The van der Waals surface area contributed by atoms with E-state index in [1.54, 1.807) is 0 Å². The summed E-state index contributed by atoms with van der Waals surface area (Å²) in [5, 5.41) is 2.78. The van der Waals surface area contributed by atoms with E-state index in [4.69, 9.17) is 0 Å². The van der Waals surface area contributed by atoms with E-state index >= 15 is 0 Å². The van der Waals surface area contributed by atoms with Crippen molar-refractivity contribution in [3.8, 4) is 0 Å². The highest BCUT2D eigenvalue weighted by Crippen LogP contribution is 2.30. The fourth-order valence-electron chi connectivity index (χ4n) is 3.03. The molecule has 1 aliphatic rings. The van der Waals surface area contributed by atoms with Gasteiger partial charge in [-0.2, -0.15) is 0 Å². The van der Waals surface area contributed by atoms with Gasteiger partial charge in [-0.3, -0.25) is 9.78 Å². The van der Waals surface area contributed by atoms with E-state index in [1.165, 1.54) is 31.9 Å². The average molecular weight is 293 g/mol. The molecule has 0 spiro atoms. The first-order valence-corrected chi connectivity index (χ1v) is 7.70. The van der Waals surface area contributed by atoms with E-state index in [2.05, 4.69) is 17.2 Å². The quantitative estimate of drug-likeness (QED) is 0.886. The van der Waals surface area contributed by atoms with Crippen molar-refractivity contribution in [3.05, 3.63) is 33.1 Å². The van der Waals surface area contributed by atoms with Crippen molar-refractivity contribution >= 4 is 6.03 Å². The number of aromatic nitrogens is 2. The van der Waals surface area contributed by atoms with Crippen molar-refractivity contribution in [2.75, 3.05) is 6.54 Å². The molecule has 21 heavy (non-hydrogen) atoms. The van der Waals surface area contributed by atoms with E-state index in [9.17, 15) is 14.4 Å². The van der Waals surface area contributed by atoms with Crippen LogP contribution in [0.15, 0.2) is 21.9 Å². The maximum Gasteiger partial charge on any atom is 0.336 e. The van der Waals surface area contributed by atoms with Crippen LogP contribution in [0.4, 0.5) is 4.79 Å². The van der Waals surface area contributed by atoms with Crippen LogP contribution in [0.3, 0.4) is 0 Å². The van der Waals surface area contributed by atoms with Gasteiger partial charge in [-0.15, -0.1) is 0 Å². The van der Waals surface area contributed by atoms with Crippen molar-refractivity contribution in [2.45, 2.75) is 45.4 Å². The molecule has 0 saturated heterocycles. The molecule has 6 heteroatoms. The van der Waals surface area contributed by atoms with Gasteiger partial charge in [-0.25, -0.2) is 14.2 Å². The Kier molecular flexibility index (Phi) is 5.36. The zero-order chi connectivity index (χ0) is 15.2. The number of rotatable bonds is 4. The minimum Gasteiger partial charge on any atom is -0.337 e. The smallest absolute Gasteiger partial charge is 0.336 e. The second-order valence-electron chi connectivity index (χ2n) is 5.84. The third-order valence-electron chi connectivity index (χ3n) is 4.25. The first kappa shape index (κ1) is 15.5. The van der Waals surface area contributed by atoms with Crippen LogP contribution in [-0.4, -0.2) is 22.1 Å². The standard InChI is InChI=1S/C15H23N3O3/c1-2-3-11-4-6-12(7-5-11)10-16-14(20)18-9-8-13(19)17-15(18)21/h8-9,11-12H,2-7,10H2,1H3,(H,16,20)(H,17,19,21)/t11-,12-. The van der Waals surface area contributed by atoms with Crippen LogP contribution in [0, 0.1) is 11.8 Å². The van der Waals surface area contributed by atoms with Gasteiger partial charge in [0.25, 0.3) is 5.56 Å². The lowest BCUT2D eigenvalue weighted by Gasteiger charge is -2.28. The van der Waals surface area contributed by atoms with Crippen LogP contribution in [0.25, 0.3) is 0 Å². The highest BCUT2D eigenvalue weighted by molar-refractivity contribution is 5.76. The van der Waals surface area contributed by atoms with Crippen LogP contribution in [-0.2, 0) is 0 Å². The highest BCUT2D eigenvalue weighted by Gasteiger charge is 2.21. The lowest BCUT2D eigenvalue weighted by atomic mass is 9.80. The van der Waals surface area contributed by atoms with Crippen molar-refractivity contribution in [1.29, 1.82) is 0 Å². The number of carbonyl (C=O) groups excluding carboxylic acids is 1. The SMILES string of the molecule is CCC[C@H]1CC[C@H](CNC(=O)n2ccc(=O)[nH]c2=O)CC1. The number of amides is 1. The van der Waals surface area contributed by atoms with Gasteiger partial charge >= 0.3 is 11.7 Å². The lowest BCUT2D eigenvalue weighted by Crippen LogP contribution is -2.41. The van der Waals surface area contributed by atoms with Crippen molar-refractivity contribution < 1.29 is 4.79 Å². The molecule has 6 nitrogen and oxygen atoms in total. The molecule has 1 aliphatic carbocycles. The lowest BCUT2D eigenvalue weighted by molar-refractivity contribution is 0.229. The van der Waals surface area contributed by atoms with Gasteiger partial charge in [0, 0.05) is 18.8 Å². The zero-order valence-corrected chi connectivity index (χ0v) is 12.4. The summed E-state index contributed by atoms with van der Waals surface area (Å²) >= 11 is 0. The Hall–Kier alpha value is -1.85. The molecule has 1 amide bonds. The van der Waals surface area contributed by atoms with Gasteiger partial charge in [0.1, 0.15) is 0 Å². The third-order valence-corrected chi connectivity index (χ3v) is 4.25. The Morgan fingerprint density at radius 1 is 1.29 bits per heavy atom. The van der Waals surface area contributed by atoms with Gasteiger partial charge in [0.15, 0.2) is 0 Å². The summed E-state index contributed by atoms with van der Waals surface area (Å²) in [6, 6.07) is 0.684. The van der Waals surface area contributed by atoms with Crippen LogP contribution >= 0.6 is 0 Å². The molecule has 1 aromatic rings. The number of aromatic amines is 1. The molecule has 0 aromatic carbocycles. The number of nitrogens with one attached hydrogen (secondary N) is 2. The van der Waals surface area contributed by atoms with Gasteiger partial charge in [-0.05, 0) is 24.7 Å². The van der Waals surface area contributed by atoms with Crippen molar-refractivity contribution in [1.82, 2.24) is 14.9 Å². The Morgan fingerprint density at radius 2 is 1.95 bits per heavy atom. The molecule has 0 aliphatic heterocycles. The number of hydrogen-bond donors (Lipinski definition) is 2. The van der Waals surface area contributed by atoms with E-state index in [1.807, 2.05) is 0 Å². The Balaban J connectivity index is 1.82. The summed E-state index contributed by atoms with van der Waals surface area (Å²) in [6.07, 6.45) is 8.46. The van der Waals surface area contributed by atoms with Gasteiger partial charge in [0.05, 0.1) is 0 Å². The molecule has 0 unspecified atom stereocenters. The van der Waals surface area contributed by atoms with Crippen LogP contribution < -0.4 is 16.6 Å². The van der Waals surface area contributed by atoms with Crippen molar-refractivity contribution in [2.24, 2.45) is 11.8 Å². The Morgan fingerprint density at radius 3 is 2.57 bits per heavy atom. The number of H-pyrrole nitrogens is 1. The molecule has 1 aromatic heterocycles. The van der Waals surface area contributed by atoms with E-state index in [0.717, 1.165) is 29.4 Å². The molecule has 116 valence electrons. The minimum atomic E-state index is -0.702. The molecule has 0 bridgehead atoms. The first-order valence-electron chi connectivity index (χ1n) is 7.70. The Labute approximate surface area is 123 Å². The number of hydrogen-bond acceptors (Lipinski definition) is 3. The number of nitrogens with zero attached hydrogens (tertiary/aromatic N) is 1. The average Bonchev–Trinajstić information content (AvgIpc) is 2.46. The first-order chi connectivity index (χ1) is 10.1. The Bertz CT molecular complexity index is 582. The molecule has 1 fully saturated rings. The zero-order valence-electron chi connectivity index (χ0n) is 12.4. The second kappa shape index (κ2) is 7.24. The van der Waals surface area contributed by atoms with Crippen LogP contribution in [0.2, 0.25) is 0 Å². The van der Waals surface area contributed by atoms with Crippen LogP contribution in [0.1, 0.15) is 45.4 Å². The van der Waals surface area contributed by atoms with Gasteiger partial charge in [-0.1, -0.05) is 32.6 Å². The molecule has 2 rings (SSSR count). The van der Waals surface area contributed by atoms with Crippen LogP contribution in [0.5, 0.6) is 0 Å². The van der Waals surface area contributed by atoms with Gasteiger partial charge in [0.2, 0.25) is 0 Å². The largest absolute Gasteiger partial charge is 0.337 e. The topological polar surface area (TPSA) is 84.0 Å². The predicted octanol–water partition coefficient (Wildman–Crippen LogP) is 1.70. The maximum atomic E-state index is 11.9. The summed E-state index contributed by atoms with van der Waals surface area (Å²) in [7, 11) is 0. The molecule has 0 radical (unpaired) electrons. The van der Waals surface area contributed by atoms with E-state index in [-0.39, 0.29) is 0 Å². The predicted molar refractivity (Wildman–Crippen MR) is 80.5 cm³/mol. The summed E-state index contributed by atoms with van der Waals surface area (Å²) < 4.78 is 0.893. The fraction of sp³-hybridized carbons (Fsp3) is 0.667. The molecular weight excluding hydrogens is 270 g/mol. The molecule has 0 atom stereocenters. The van der Waals surface area contributed by atoms with E-state index in [0.29, 0.717) is 12.5 Å². The minimum absolute atomic E-state index is 0.480. The summed E-state index contributed by atoms with van der Waals surface area (Å²) in [6.45, 7) is 2.80. The molecular formula is C15H23N3O3. The number of carbonyl (C=O) groups is 1. The van der Waals surface area contributed by atoms with E-state index < -0.39 is 17.3 Å². The fourth-order valence-corrected chi connectivity index (χ4v) is 3.03. The van der Waals surface area contributed by atoms with Gasteiger partial charge < -0.3 is 5.32 Å². The highest BCUT2D eigenvalue weighted by atomic mass is 16.2. The van der Waals surface area contributed by atoms with Crippen molar-refractivity contribution in [3.63, 3.8) is 0 Å². The summed E-state index contributed by atoms with van der Waals surface area (Å²) in [4.78, 5) is 36.4. The normalized spacial score (nSPS) is 22.0. The monoisotopic (exact) mass is 293 g/mol.